The molecule has 0 spiro atoms. The predicted molar refractivity (Wildman–Crippen MR) is 69.3 cm³/mol. The van der Waals surface area contributed by atoms with Gasteiger partial charge in [-0.25, -0.2) is 0 Å². The second-order valence-corrected chi connectivity index (χ2v) is 5.41. The van der Waals surface area contributed by atoms with Gasteiger partial charge in [0.2, 0.25) is 0 Å². The molecule has 20 heavy (non-hydrogen) atoms. The number of carbonyl (C=O) groups excluding carboxylic acids is 1. The Kier molecular flexibility index (Phi) is 4.45. The molecule has 5 heteroatoms. The highest BCUT2D eigenvalue weighted by Gasteiger charge is 2.37. The Hall–Kier alpha value is -1.39. The maximum absolute atomic E-state index is 12.9. The Balaban J connectivity index is 2.18. The van der Waals surface area contributed by atoms with Gasteiger partial charge in [-0.05, 0) is 37.7 Å². The van der Waals surface area contributed by atoms with Gasteiger partial charge in [0.15, 0.2) is 5.78 Å². The number of Topliss-reactive ketones (excluding diaryl/α,β-unsaturated/α-hetero) is 1. The lowest BCUT2D eigenvalue weighted by Gasteiger charge is -2.27. The van der Waals surface area contributed by atoms with E-state index in [4.69, 9.17) is 0 Å². The third-order valence-electron chi connectivity index (χ3n) is 4.19. The molecule has 0 saturated heterocycles. The average Bonchev–Trinajstić information content (AvgIpc) is 2.46. The molecule has 1 aliphatic carbocycles. The second kappa shape index (κ2) is 5.94. The zero-order valence-corrected chi connectivity index (χ0v) is 11.4. The Morgan fingerprint density at radius 1 is 1.30 bits per heavy atom. The Morgan fingerprint density at radius 3 is 2.50 bits per heavy atom. The van der Waals surface area contributed by atoms with Crippen molar-refractivity contribution in [2.45, 2.75) is 45.2 Å². The van der Waals surface area contributed by atoms with Gasteiger partial charge in [0.1, 0.15) is 0 Å². The van der Waals surface area contributed by atoms with E-state index in [0.29, 0.717) is 18.8 Å². The molecule has 0 amide bonds. The van der Waals surface area contributed by atoms with E-state index >= 15 is 0 Å². The first kappa shape index (κ1) is 15.0. The first-order valence-corrected chi connectivity index (χ1v) is 6.99. The molecule has 0 bridgehead atoms. The van der Waals surface area contributed by atoms with Gasteiger partial charge in [-0.2, -0.15) is 13.2 Å². The van der Waals surface area contributed by atoms with Crippen molar-refractivity contribution in [1.82, 2.24) is 4.98 Å². The highest BCUT2D eigenvalue weighted by atomic mass is 19.4. The average molecular weight is 285 g/mol. The first-order valence-electron chi connectivity index (χ1n) is 6.99. The first-order chi connectivity index (χ1) is 9.43. The molecule has 0 unspecified atom stereocenters. The molecule has 0 N–H and O–H groups in total. The van der Waals surface area contributed by atoms with E-state index in [2.05, 4.69) is 11.9 Å². The number of alkyl halides is 3. The molecule has 1 heterocycles. The molecule has 2 rings (SSSR count). The zero-order valence-electron chi connectivity index (χ0n) is 11.4. The Bertz CT molecular complexity index is 476. The number of carbonyl (C=O) groups is 1. The fraction of sp³-hybridized carbons (Fsp3) is 0.600. The Labute approximate surface area is 116 Å². The fourth-order valence-electron chi connectivity index (χ4n) is 2.89. The van der Waals surface area contributed by atoms with Crippen molar-refractivity contribution in [3.63, 3.8) is 0 Å². The molecule has 0 aliphatic heterocycles. The van der Waals surface area contributed by atoms with Crippen molar-refractivity contribution in [3.8, 4) is 0 Å². The van der Waals surface area contributed by atoms with E-state index in [1.807, 2.05) is 0 Å². The van der Waals surface area contributed by atoms with Crippen molar-refractivity contribution in [3.05, 3.63) is 29.6 Å². The van der Waals surface area contributed by atoms with E-state index in [1.165, 1.54) is 0 Å². The van der Waals surface area contributed by atoms with Crippen LogP contribution in [0.1, 0.15) is 54.9 Å². The maximum atomic E-state index is 12.9. The summed E-state index contributed by atoms with van der Waals surface area (Å²) >= 11 is 0. The third kappa shape index (κ3) is 3.19. The van der Waals surface area contributed by atoms with E-state index in [0.717, 1.165) is 37.7 Å². The smallest absolute Gasteiger partial charge is 0.294 e. The summed E-state index contributed by atoms with van der Waals surface area (Å²) in [6.45, 7) is 2.11. The van der Waals surface area contributed by atoms with E-state index in [9.17, 15) is 18.0 Å². The number of pyridine rings is 1. The largest absolute Gasteiger partial charge is 0.417 e. The highest BCUT2D eigenvalue weighted by molar-refractivity contribution is 5.99. The molecular formula is C15H18F3NO. The molecule has 1 aliphatic rings. The number of aromatic nitrogens is 1. The summed E-state index contributed by atoms with van der Waals surface area (Å²) < 4.78 is 38.7. The quantitative estimate of drug-likeness (QED) is 0.765. The van der Waals surface area contributed by atoms with Gasteiger partial charge in [-0.3, -0.25) is 9.78 Å². The van der Waals surface area contributed by atoms with Gasteiger partial charge in [0.25, 0.3) is 0 Å². The van der Waals surface area contributed by atoms with Crippen molar-refractivity contribution in [2.24, 2.45) is 11.8 Å². The molecule has 0 atom stereocenters. The lowest BCUT2D eigenvalue weighted by atomic mass is 9.77. The van der Waals surface area contributed by atoms with Crippen molar-refractivity contribution >= 4 is 5.78 Å². The molecule has 0 aromatic carbocycles. The van der Waals surface area contributed by atoms with E-state index in [-0.39, 0.29) is 11.5 Å². The van der Waals surface area contributed by atoms with Crippen LogP contribution in [-0.4, -0.2) is 10.8 Å². The summed E-state index contributed by atoms with van der Waals surface area (Å²) in [5.41, 5.74) is -1.14. The van der Waals surface area contributed by atoms with Gasteiger partial charge in [0, 0.05) is 23.9 Å². The lowest BCUT2D eigenvalue weighted by Crippen LogP contribution is -2.24. The molecular weight excluding hydrogens is 267 g/mol. The van der Waals surface area contributed by atoms with Crippen LogP contribution < -0.4 is 0 Å². The van der Waals surface area contributed by atoms with Gasteiger partial charge in [0.05, 0.1) is 5.56 Å². The summed E-state index contributed by atoms with van der Waals surface area (Å²) in [5, 5.41) is 0. The van der Waals surface area contributed by atoms with Crippen LogP contribution in [-0.2, 0) is 6.18 Å². The number of hydrogen-bond acceptors (Lipinski definition) is 2. The number of halogens is 3. The number of hydrogen-bond donors (Lipinski definition) is 0. The zero-order chi connectivity index (χ0) is 14.8. The topological polar surface area (TPSA) is 30.0 Å². The minimum absolute atomic E-state index is 0.278. The van der Waals surface area contributed by atoms with Crippen LogP contribution in [0.25, 0.3) is 0 Å². The fourth-order valence-corrected chi connectivity index (χ4v) is 2.89. The summed E-state index contributed by atoms with van der Waals surface area (Å²) in [4.78, 5) is 16.0. The van der Waals surface area contributed by atoms with Crippen LogP contribution in [0.15, 0.2) is 18.5 Å². The van der Waals surface area contributed by atoms with Gasteiger partial charge in [-0.1, -0.05) is 13.3 Å². The number of nitrogens with zero attached hydrogens (tertiary/aromatic N) is 1. The maximum Gasteiger partial charge on any atom is 0.417 e. The molecule has 1 fully saturated rings. The van der Waals surface area contributed by atoms with E-state index in [1.54, 1.807) is 0 Å². The highest BCUT2D eigenvalue weighted by Crippen LogP contribution is 2.36. The summed E-state index contributed by atoms with van der Waals surface area (Å²) in [7, 11) is 0. The number of rotatable bonds is 3. The molecule has 110 valence electrons. The van der Waals surface area contributed by atoms with Crippen LogP contribution in [0, 0.1) is 11.8 Å². The van der Waals surface area contributed by atoms with Crippen LogP contribution in [0.2, 0.25) is 0 Å². The van der Waals surface area contributed by atoms with Crippen LogP contribution in [0.4, 0.5) is 13.2 Å². The third-order valence-corrected chi connectivity index (χ3v) is 4.19. The summed E-state index contributed by atoms with van der Waals surface area (Å²) in [5.74, 6) is -0.0851. The van der Waals surface area contributed by atoms with Gasteiger partial charge >= 0.3 is 6.18 Å². The van der Waals surface area contributed by atoms with Crippen LogP contribution >= 0.6 is 0 Å². The molecule has 1 aromatic heterocycles. The number of ketones is 1. The van der Waals surface area contributed by atoms with Crippen molar-refractivity contribution in [2.75, 3.05) is 0 Å². The van der Waals surface area contributed by atoms with Gasteiger partial charge < -0.3 is 0 Å². The normalized spacial score (nSPS) is 23.6. The summed E-state index contributed by atoms with van der Waals surface area (Å²) in [6.07, 6.45) is 1.91. The SMILES string of the molecule is CCC1CCC(C(=O)c2cnccc2C(F)(F)F)CC1. The van der Waals surface area contributed by atoms with E-state index < -0.39 is 17.5 Å². The Morgan fingerprint density at radius 2 is 1.95 bits per heavy atom. The molecule has 2 nitrogen and oxygen atoms in total. The van der Waals surface area contributed by atoms with Gasteiger partial charge in [-0.15, -0.1) is 0 Å². The summed E-state index contributed by atoms with van der Waals surface area (Å²) in [6, 6.07) is 0.880. The molecule has 0 radical (unpaired) electrons. The van der Waals surface area contributed by atoms with Crippen LogP contribution in [0.3, 0.4) is 0 Å². The predicted octanol–water partition coefficient (Wildman–Crippen LogP) is 4.50. The monoisotopic (exact) mass is 285 g/mol. The standard InChI is InChI=1S/C15H18F3NO/c1-2-10-3-5-11(6-4-10)14(20)12-9-19-8-7-13(12)15(16,17)18/h7-11H,2-6H2,1H3. The van der Waals surface area contributed by atoms with Crippen LogP contribution in [0.5, 0.6) is 0 Å². The molecule has 1 saturated carbocycles. The van der Waals surface area contributed by atoms with Crippen molar-refractivity contribution < 1.29 is 18.0 Å². The second-order valence-electron chi connectivity index (χ2n) is 5.41. The minimum atomic E-state index is -4.51. The molecule has 1 aromatic rings. The minimum Gasteiger partial charge on any atom is -0.294 e. The van der Waals surface area contributed by atoms with Crippen molar-refractivity contribution in [1.29, 1.82) is 0 Å². The lowest BCUT2D eigenvalue weighted by molar-refractivity contribution is -0.138.